The number of amides is 1. The number of rotatable bonds is 3. The second-order valence-electron chi connectivity index (χ2n) is 6.20. The Labute approximate surface area is 146 Å². The number of carbonyl (C=O) groups excluding carboxylic acids is 1. The molecule has 1 saturated heterocycles. The molecule has 0 aliphatic carbocycles. The van der Waals surface area contributed by atoms with Crippen LogP contribution >= 0.6 is 0 Å². The zero-order chi connectivity index (χ0) is 19.1. The van der Waals surface area contributed by atoms with Crippen LogP contribution in [0.2, 0.25) is 0 Å². The molecule has 10 heteroatoms. The minimum Gasteiger partial charge on any atom is -0.481 e. The van der Waals surface area contributed by atoms with Crippen LogP contribution in [0.15, 0.2) is 30.9 Å². The summed E-state index contributed by atoms with van der Waals surface area (Å²) in [5.74, 6) is -2.58. The van der Waals surface area contributed by atoms with Crippen LogP contribution in [0.25, 0.3) is 5.69 Å². The molecule has 1 aromatic carbocycles. The van der Waals surface area contributed by atoms with Crippen LogP contribution in [-0.4, -0.2) is 55.9 Å². The SMILES string of the molecule is Cc1cc(-n2cncn2)ccc1C(=O)N1CCC(C(=O)O)(C(F)(F)F)C1. The van der Waals surface area contributed by atoms with Gasteiger partial charge in [0.2, 0.25) is 0 Å². The van der Waals surface area contributed by atoms with E-state index in [4.69, 9.17) is 5.11 Å². The number of halogens is 3. The number of nitrogens with zero attached hydrogens (tertiary/aromatic N) is 4. The largest absolute Gasteiger partial charge is 0.481 e. The summed E-state index contributed by atoms with van der Waals surface area (Å²) in [6.07, 6.45) is -2.77. The molecule has 1 aliphatic heterocycles. The Bertz CT molecular complexity index is 851. The second-order valence-corrected chi connectivity index (χ2v) is 6.20. The third kappa shape index (κ3) is 2.80. The number of carbonyl (C=O) groups is 2. The first-order valence-corrected chi connectivity index (χ1v) is 7.71. The van der Waals surface area contributed by atoms with E-state index in [1.807, 2.05) is 0 Å². The molecule has 1 aliphatic rings. The van der Waals surface area contributed by atoms with Crippen molar-refractivity contribution in [2.75, 3.05) is 13.1 Å². The Balaban J connectivity index is 1.86. The molecule has 2 aromatic rings. The normalized spacial score (nSPS) is 20.4. The second kappa shape index (κ2) is 6.11. The van der Waals surface area contributed by atoms with Crippen LogP contribution in [0.5, 0.6) is 0 Å². The van der Waals surface area contributed by atoms with E-state index in [-0.39, 0.29) is 12.1 Å². The number of aromatic nitrogens is 3. The maximum atomic E-state index is 13.3. The van der Waals surface area contributed by atoms with Crippen molar-refractivity contribution in [3.8, 4) is 5.69 Å². The topological polar surface area (TPSA) is 88.3 Å². The summed E-state index contributed by atoms with van der Waals surface area (Å²) in [6, 6.07) is 4.74. The van der Waals surface area contributed by atoms with Crippen molar-refractivity contribution >= 4 is 11.9 Å². The van der Waals surface area contributed by atoms with Crippen molar-refractivity contribution in [1.82, 2.24) is 19.7 Å². The number of aryl methyl sites for hydroxylation is 1. The zero-order valence-electron chi connectivity index (χ0n) is 13.7. The molecule has 0 spiro atoms. The lowest BCUT2D eigenvalue weighted by Crippen LogP contribution is -2.47. The molecule has 1 amide bonds. The van der Waals surface area contributed by atoms with Crippen LogP contribution in [-0.2, 0) is 4.79 Å². The van der Waals surface area contributed by atoms with Gasteiger partial charge in [0.25, 0.3) is 5.91 Å². The summed E-state index contributed by atoms with van der Waals surface area (Å²) in [4.78, 5) is 28.6. The first-order chi connectivity index (χ1) is 12.2. The minimum atomic E-state index is -4.93. The molecule has 1 fully saturated rings. The van der Waals surface area contributed by atoms with Gasteiger partial charge in [-0.2, -0.15) is 18.3 Å². The Morgan fingerprint density at radius 1 is 1.31 bits per heavy atom. The monoisotopic (exact) mass is 368 g/mol. The first kappa shape index (κ1) is 17.9. The van der Waals surface area contributed by atoms with E-state index in [9.17, 15) is 22.8 Å². The molecule has 0 bridgehead atoms. The van der Waals surface area contributed by atoms with Crippen molar-refractivity contribution in [3.63, 3.8) is 0 Å². The molecule has 138 valence electrons. The molecule has 26 heavy (non-hydrogen) atoms. The number of aliphatic carboxylic acids is 1. The molecule has 1 unspecified atom stereocenters. The fraction of sp³-hybridized carbons (Fsp3) is 0.375. The number of benzene rings is 1. The Hall–Kier alpha value is -2.91. The van der Waals surface area contributed by atoms with Crippen molar-refractivity contribution in [2.24, 2.45) is 5.41 Å². The van der Waals surface area contributed by atoms with Crippen LogP contribution in [0, 0.1) is 12.3 Å². The van der Waals surface area contributed by atoms with Gasteiger partial charge in [-0.3, -0.25) is 9.59 Å². The van der Waals surface area contributed by atoms with E-state index in [0.717, 1.165) is 4.90 Å². The molecule has 7 nitrogen and oxygen atoms in total. The Morgan fingerprint density at radius 3 is 2.54 bits per heavy atom. The molecule has 1 aromatic heterocycles. The lowest BCUT2D eigenvalue weighted by molar-refractivity contribution is -0.227. The summed E-state index contributed by atoms with van der Waals surface area (Å²) < 4.78 is 41.3. The highest BCUT2D eigenvalue weighted by molar-refractivity contribution is 5.96. The summed E-state index contributed by atoms with van der Waals surface area (Å²) in [6.45, 7) is 0.488. The van der Waals surface area contributed by atoms with Gasteiger partial charge in [0.05, 0.1) is 5.69 Å². The van der Waals surface area contributed by atoms with Crippen molar-refractivity contribution in [2.45, 2.75) is 19.5 Å². The standard InChI is InChI=1S/C16H15F3N4O3/c1-10-6-11(23-9-20-8-21-23)2-3-12(10)13(24)22-5-4-15(7-22,14(25)26)16(17,18)19/h2-3,6,8-9H,4-5,7H2,1H3,(H,25,26). The molecular weight excluding hydrogens is 353 g/mol. The van der Waals surface area contributed by atoms with Crippen LogP contribution in [0.3, 0.4) is 0 Å². The van der Waals surface area contributed by atoms with Crippen LogP contribution < -0.4 is 0 Å². The van der Waals surface area contributed by atoms with Gasteiger partial charge >= 0.3 is 12.1 Å². The summed E-state index contributed by atoms with van der Waals surface area (Å²) >= 11 is 0. The predicted octanol–water partition coefficient (Wildman–Crippen LogP) is 2.05. The number of carboxylic acids is 1. The van der Waals surface area contributed by atoms with Gasteiger partial charge in [-0.15, -0.1) is 0 Å². The van der Waals surface area contributed by atoms with Gasteiger partial charge in [-0.05, 0) is 37.1 Å². The molecular formula is C16H15F3N4O3. The molecule has 3 rings (SSSR count). The lowest BCUT2D eigenvalue weighted by Gasteiger charge is -2.27. The van der Waals surface area contributed by atoms with Crippen LogP contribution in [0.4, 0.5) is 13.2 Å². The van der Waals surface area contributed by atoms with Crippen molar-refractivity contribution in [1.29, 1.82) is 0 Å². The van der Waals surface area contributed by atoms with Gasteiger partial charge in [0.15, 0.2) is 5.41 Å². The highest BCUT2D eigenvalue weighted by Crippen LogP contribution is 2.46. The molecule has 2 heterocycles. The summed E-state index contributed by atoms with van der Waals surface area (Å²) in [5, 5.41) is 13.1. The average Bonchev–Trinajstić information content (AvgIpc) is 3.24. The third-order valence-electron chi connectivity index (χ3n) is 4.63. The number of likely N-dealkylation sites (tertiary alicyclic amines) is 1. The van der Waals surface area contributed by atoms with Gasteiger partial charge in [-0.1, -0.05) is 0 Å². The molecule has 0 saturated carbocycles. The number of hydrogen-bond donors (Lipinski definition) is 1. The zero-order valence-corrected chi connectivity index (χ0v) is 13.7. The molecule has 1 atom stereocenters. The molecule has 1 N–H and O–H groups in total. The van der Waals surface area contributed by atoms with E-state index in [0.29, 0.717) is 11.3 Å². The summed E-state index contributed by atoms with van der Waals surface area (Å²) in [7, 11) is 0. The fourth-order valence-corrected chi connectivity index (χ4v) is 3.05. The molecule has 0 radical (unpaired) electrons. The lowest BCUT2D eigenvalue weighted by atomic mass is 9.86. The summed E-state index contributed by atoms with van der Waals surface area (Å²) in [5.41, 5.74) is -1.51. The van der Waals surface area contributed by atoms with Gasteiger partial charge in [0.1, 0.15) is 12.7 Å². The van der Waals surface area contributed by atoms with E-state index < -0.39 is 36.4 Å². The maximum Gasteiger partial charge on any atom is 0.406 e. The smallest absolute Gasteiger partial charge is 0.406 e. The maximum absolute atomic E-state index is 13.3. The van der Waals surface area contributed by atoms with Gasteiger partial charge in [0, 0.05) is 18.7 Å². The van der Waals surface area contributed by atoms with Crippen molar-refractivity contribution < 1.29 is 27.9 Å². The average molecular weight is 368 g/mol. The van der Waals surface area contributed by atoms with E-state index in [1.54, 1.807) is 19.1 Å². The third-order valence-corrected chi connectivity index (χ3v) is 4.63. The Kier molecular flexibility index (Phi) is 4.21. The van der Waals surface area contributed by atoms with Crippen LogP contribution in [0.1, 0.15) is 22.3 Å². The van der Waals surface area contributed by atoms with Crippen molar-refractivity contribution in [3.05, 3.63) is 42.0 Å². The highest BCUT2D eigenvalue weighted by atomic mass is 19.4. The fourth-order valence-electron chi connectivity index (χ4n) is 3.05. The first-order valence-electron chi connectivity index (χ1n) is 7.71. The predicted molar refractivity (Wildman–Crippen MR) is 82.7 cm³/mol. The quantitative estimate of drug-likeness (QED) is 0.896. The van der Waals surface area contributed by atoms with E-state index in [2.05, 4.69) is 10.1 Å². The number of carboxylic acid groups (broad SMARTS) is 1. The van der Waals surface area contributed by atoms with Gasteiger partial charge in [-0.25, -0.2) is 9.67 Å². The van der Waals surface area contributed by atoms with Gasteiger partial charge < -0.3 is 10.0 Å². The highest BCUT2D eigenvalue weighted by Gasteiger charge is 2.64. The number of alkyl halides is 3. The van der Waals surface area contributed by atoms with E-state index in [1.165, 1.54) is 23.4 Å². The van der Waals surface area contributed by atoms with E-state index >= 15 is 0 Å². The Morgan fingerprint density at radius 2 is 2.04 bits per heavy atom. The number of hydrogen-bond acceptors (Lipinski definition) is 4. The minimum absolute atomic E-state index is 0.220.